The predicted octanol–water partition coefficient (Wildman–Crippen LogP) is 2.06. The first-order valence-electron chi connectivity index (χ1n) is 6.18. The van der Waals surface area contributed by atoms with Crippen molar-refractivity contribution in [1.29, 1.82) is 0 Å². The number of rotatable bonds is 5. The first kappa shape index (κ1) is 13.3. The van der Waals surface area contributed by atoms with Gasteiger partial charge in [-0.1, -0.05) is 20.8 Å². The van der Waals surface area contributed by atoms with Crippen LogP contribution < -0.4 is 5.32 Å². The van der Waals surface area contributed by atoms with Crippen molar-refractivity contribution in [3.8, 4) is 0 Å². The molecular weight excluding hydrogens is 204 g/mol. The SMILES string of the molecule is CCCNC(C(C)C)C1CSCCN1C. The van der Waals surface area contributed by atoms with Gasteiger partial charge in [0.05, 0.1) is 0 Å². The number of nitrogens with one attached hydrogen (secondary N) is 1. The van der Waals surface area contributed by atoms with Gasteiger partial charge in [-0.3, -0.25) is 0 Å². The van der Waals surface area contributed by atoms with Crippen LogP contribution in [0.5, 0.6) is 0 Å². The summed E-state index contributed by atoms with van der Waals surface area (Å²) in [6.07, 6.45) is 1.23. The Morgan fingerprint density at radius 1 is 1.47 bits per heavy atom. The third-order valence-corrected chi connectivity index (χ3v) is 4.25. The summed E-state index contributed by atoms with van der Waals surface area (Å²) in [5, 5.41) is 3.71. The molecule has 1 heterocycles. The summed E-state index contributed by atoms with van der Waals surface area (Å²) in [5.74, 6) is 3.31. The fraction of sp³-hybridized carbons (Fsp3) is 1.00. The van der Waals surface area contributed by atoms with E-state index in [9.17, 15) is 0 Å². The maximum absolute atomic E-state index is 3.71. The zero-order valence-corrected chi connectivity index (χ0v) is 11.4. The minimum atomic E-state index is 0.655. The average Bonchev–Trinajstić information content (AvgIpc) is 2.20. The Balaban J connectivity index is 2.52. The first-order chi connectivity index (χ1) is 7.16. The van der Waals surface area contributed by atoms with Crippen molar-refractivity contribution in [3.05, 3.63) is 0 Å². The predicted molar refractivity (Wildman–Crippen MR) is 70.7 cm³/mol. The van der Waals surface area contributed by atoms with Gasteiger partial charge >= 0.3 is 0 Å². The number of likely N-dealkylation sites (N-methyl/N-ethyl adjacent to an activating group) is 1. The van der Waals surface area contributed by atoms with Gasteiger partial charge in [0, 0.05) is 30.1 Å². The molecule has 0 aromatic carbocycles. The molecule has 1 fully saturated rings. The van der Waals surface area contributed by atoms with E-state index in [1.54, 1.807) is 0 Å². The molecule has 1 saturated heterocycles. The Labute approximate surface area is 99.2 Å². The lowest BCUT2D eigenvalue weighted by Crippen LogP contribution is -2.55. The molecule has 0 aliphatic carbocycles. The fourth-order valence-corrected chi connectivity index (χ4v) is 3.50. The lowest BCUT2D eigenvalue weighted by Gasteiger charge is -2.40. The van der Waals surface area contributed by atoms with Crippen LogP contribution in [0.25, 0.3) is 0 Å². The van der Waals surface area contributed by atoms with Crippen LogP contribution in [0.2, 0.25) is 0 Å². The molecule has 0 aromatic rings. The molecule has 1 aliphatic rings. The minimum Gasteiger partial charge on any atom is -0.312 e. The Hall–Kier alpha value is 0.270. The van der Waals surface area contributed by atoms with Crippen LogP contribution in [-0.2, 0) is 0 Å². The smallest absolute Gasteiger partial charge is 0.0339 e. The zero-order chi connectivity index (χ0) is 11.3. The number of hydrogen-bond acceptors (Lipinski definition) is 3. The van der Waals surface area contributed by atoms with E-state index < -0.39 is 0 Å². The highest BCUT2D eigenvalue weighted by atomic mass is 32.2. The van der Waals surface area contributed by atoms with Crippen LogP contribution in [0, 0.1) is 5.92 Å². The molecule has 0 aromatic heterocycles. The van der Waals surface area contributed by atoms with Crippen LogP contribution in [0.4, 0.5) is 0 Å². The lowest BCUT2D eigenvalue weighted by molar-refractivity contribution is 0.185. The molecule has 3 heteroatoms. The third kappa shape index (κ3) is 3.97. The Bertz CT molecular complexity index is 173. The molecule has 0 saturated carbocycles. The molecule has 0 spiro atoms. The van der Waals surface area contributed by atoms with Crippen molar-refractivity contribution < 1.29 is 0 Å². The summed E-state index contributed by atoms with van der Waals surface area (Å²) < 4.78 is 0. The normalized spacial score (nSPS) is 25.8. The monoisotopic (exact) mass is 230 g/mol. The van der Waals surface area contributed by atoms with Gasteiger partial charge in [0.15, 0.2) is 0 Å². The van der Waals surface area contributed by atoms with Crippen molar-refractivity contribution in [3.63, 3.8) is 0 Å². The van der Waals surface area contributed by atoms with Gasteiger partial charge in [-0.25, -0.2) is 0 Å². The molecular formula is C12H26N2S. The van der Waals surface area contributed by atoms with Gasteiger partial charge in [-0.2, -0.15) is 11.8 Å². The Morgan fingerprint density at radius 2 is 2.20 bits per heavy atom. The topological polar surface area (TPSA) is 15.3 Å². The molecule has 2 unspecified atom stereocenters. The molecule has 2 nitrogen and oxygen atoms in total. The summed E-state index contributed by atoms with van der Waals surface area (Å²) in [6, 6.07) is 1.37. The summed E-state index contributed by atoms with van der Waals surface area (Å²) >= 11 is 2.10. The van der Waals surface area contributed by atoms with E-state index in [0.717, 1.165) is 18.5 Å². The van der Waals surface area contributed by atoms with Gasteiger partial charge in [0.2, 0.25) is 0 Å². The zero-order valence-electron chi connectivity index (χ0n) is 10.6. The van der Waals surface area contributed by atoms with Crippen molar-refractivity contribution >= 4 is 11.8 Å². The van der Waals surface area contributed by atoms with Crippen LogP contribution in [-0.4, -0.2) is 48.6 Å². The number of nitrogens with zero attached hydrogens (tertiary/aromatic N) is 1. The van der Waals surface area contributed by atoms with E-state index in [1.165, 1.54) is 24.5 Å². The number of hydrogen-bond donors (Lipinski definition) is 1. The minimum absolute atomic E-state index is 0.655. The maximum atomic E-state index is 3.71. The van der Waals surface area contributed by atoms with Crippen LogP contribution in [0.15, 0.2) is 0 Å². The molecule has 1 rings (SSSR count). The van der Waals surface area contributed by atoms with Crippen LogP contribution >= 0.6 is 11.8 Å². The fourth-order valence-electron chi connectivity index (χ4n) is 2.21. The highest BCUT2D eigenvalue weighted by Gasteiger charge is 2.29. The summed E-state index contributed by atoms with van der Waals surface area (Å²) in [7, 11) is 2.27. The molecule has 2 atom stereocenters. The molecule has 1 aliphatic heterocycles. The second kappa shape index (κ2) is 6.77. The van der Waals surface area contributed by atoms with E-state index in [1.807, 2.05) is 0 Å². The molecule has 0 radical (unpaired) electrons. The van der Waals surface area contributed by atoms with E-state index in [-0.39, 0.29) is 0 Å². The summed E-state index contributed by atoms with van der Waals surface area (Å²) in [6.45, 7) is 9.30. The van der Waals surface area contributed by atoms with Crippen LogP contribution in [0.1, 0.15) is 27.2 Å². The van der Waals surface area contributed by atoms with Gasteiger partial charge in [0.1, 0.15) is 0 Å². The van der Waals surface area contributed by atoms with Crippen molar-refractivity contribution in [2.24, 2.45) is 5.92 Å². The molecule has 15 heavy (non-hydrogen) atoms. The van der Waals surface area contributed by atoms with E-state index >= 15 is 0 Å². The van der Waals surface area contributed by atoms with Gasteiger partial charge in [0.25, 0.3) is 0 Å². The summed E-state index contributed by atoms with van der Waals surface area (Å²) in [4.78, 5) is 2.53. The maximum Gasteiger partial charge on any atom is 0.0339 e. The third-order valence-electron chi connectivity index (χ3n) is 3.21. The quantitative estimate of drug-likeness (QED) is 0.778. The Morgan fingerprint density at radius 3 is 2.73 bits per heavy atom. The van der Waals surface area contributed by atoms with E-state index in [0.29, 0.717) is 6.04 Å². The molecule has 1 N–H and O–H groups in total. The molecule has 0 amide bonds. The van der Waals surface area contributed by atoms with Crippen molar-refractivity contribution in [2.75, 3.05) is 31.6 Å². The van der Waals surface area contributed by atoms with Crippen LogP contribution in [0.3, 0.4) is 0 Å². The van der Waals surface area contributed by atoms with E-state index in [2.05, 4.69) is 49.8 Å². The second-order valence-electron chi connectivity index (χ2n) is 4.85. The number of thioether (sulfide) groups is 1. The van der Waals surface area contributed by atoms with Gasteiger partial charge in [-0.15, -0.1) is 0 Å². The molecule has 0 bridgehead atoms. The van der Waals surface area contributed by atoms with Crippen molar-refractivity contribution in [2.45, 2.75) is 39.3 Å². The lowest BCUT2D eigenvalue weighted by atomic mass is 9.96. The molecule has 90 valence electrons. The highest BCUT2D eigenvalue weighted by Crippen LogP contribution is 2.21. The second-order valence-corrected chi connectivity index (χ2v) is 6.00. The standard InChI is InChI=1S/C12H26N2S/c1-5-6-13-12(10(2)3)11-9-15-8-7-14(11)4/h10-13H,5-9H2,1-4H3. The average molecular weight is 230 g/mol. The van der Waals surface area contributed by atoms with E-state index in [4.69, 9.17) is 0 Å². The first-order valence-corrected chi connectivity index (χ1v) is 7.33. The van der Waals surface area contributed by atoms with Crippen molar-refractivity contribution in [1.82, 2.24) is 10.2 Å². The van der Waals surface area contributed by atoms with Gasteiger partial charge in [-0.05, 0) is 25.9 Å². The highest BCUT2D eigenvalue weighted by molar-refractivity contribution is 7.99. The summed E-state index contributed by atoms with van der Waals surface area (Å²) in [5.41, 5.74) is 0. The Kier molecular flexibility index (Phi) is 6.02. The van der Waals surface area contributed by atoms with Gasteiger partial charge < -0.3 is 10.2 Å². The largest absolute Gasteiger partial charge is 0.312 e.